The van der Waals surface area contributed by atoms with Crippen LogP contribution < -0.4 is 9.47 Å². The van der Waals surface area contributed by atoms with Crippen LogP contribution in [-0.2, 0) is 6.42 Å². The maximum absolute atomic E-state index is 9.64. The Bertz CT molecular complexity index is 490. The van der Waals surface area contributed by atoms with Crippen LogP contribution in [0.1, 0.15) is 45.6 Å². The van der Waals surface area contributed by atoms with Crippen LogP contribution in [0.4, 0.5) is 0 Å². The highest BCUT2D eigenvalue weighted by molar-refractivity contribution is 5.43. The van der Waals surface area contributed by atoms with E-state index in [1.807, 2.05) is 12.1 Å². The fourth-order valence-corrected chi connectivity index (χ4v) is 2.79. The molecule has 21 heavy (non-hydrogen) atoms. The van der Waals surface area contributed by atoms with Crippen molar-refractivity contribution < 1.29 is 9.47 Å². The molecule has 0 aromatic heterocycles. The van der Waals surface area contributed by atoms with Crippen LogP contribution in [0.15, 0.2) is 18.2 Å². The molecule has 0 aliphatic heterocycles. The van der Waals surface area contributed by atoms with Crippen LogP contribution in [0.2, 0.25) is 0 Å². The fraction of sp³-hybridized carbons (Fsp3) is 0.611. The summed E-state index contributed by atoms with van der Waals surface area (Å²) in [6, 6.07) is 8.57. The van der Waals surface area contributed by atoms with Gasteiger partial charge in [0.05, 0.1) is 25.7 Å². The second-order valence-corrected chi connectivity index (χ2v) is 5.86. The van der Waals surface area contributed by atoms with Crippen molar-refractivity contribution in [2.24, 2.45) is 11.3 Å². The number of hydrogen-bond acceptors (Lipinski definition) is 3. The molecular weight excluding hydrogens is 262 g/mol. The van der Waals surface area contributed by atoms with Gasteiger partial charge in [0.15, 0.2) is 11.5 Å². The first-order chi connectivity index (χ1) is 10.0. The Morgan fingerprint density at radius 3 is 2.29 bits per heavy atom. The molecule has 1 aromatic rings. The van der Waals surface area contributed by atoms with Gasteiger partial charge in [0.25, 0.3) is 0 Å². The average Bonchev–Trinajstić information content (AvgIpc) is 2.50. The van der Waals surface area contributed by atoms with E-state index < -0.39 is 0 Å². The molecule has 1 rings (SSSR count). The van der Waals surface area contributed by atoms with E-state index in [0.29, 0.717) is 5.92 Å². The average molecular weight is 289 g/mol. The van der Waals surface area contributed by atoms with E-state index in [2.05, 4.69) is 32.9 Å². The van der Waals surface area contributed by atoms with Crippen LogP contribution in [-0.4, -0.2) is 14.2 Å². The van der Waals surface area contributed by atoms with E-state index in [9.17, 15) is 5.26 Å². The maximum Gasteiger partial charge on any atom is 0.160 e. The van der Waals surface area contributed by atoms with Crippen LogP contribution in [0.3, 0.4) is 0 Å². The van der Waals surface area contributed by atoms with Gasteiger partial charge < -0.3 is 9.47 Å². The Balaban J connectivity index is 2.88. The van der Waals surface area contributed by atoms with Gasteiger partial charge in [-0.25, -0.2) is 0 Å². The molecule has 3 nitrogen and oxygen atoms in total. The van der Waals surface area contributed by atoms with Gasteiger partial charge in [-0.1, -0.05) is 33.3 Å². The van der Waals surface area contributed by atoms with Crippen LogP contribution in [0.25, 0.3) is 0 Å². The SMILES string of the molecule is CCCC(C#N)(CCc1ccc(OC)c(OC)c1)C(C)C. The third kappa shape index (κ3) is 4.14. The zero-order valence-corrected chi connectivity index (χ0v) is 13.9. The molecule has 0 aliphatic carbocycles. The number of methoxy groups -OCH3 is 2. The monoisotopic (exact) mass is 289 g/mol. The molecule has 3 heteroatoms. The molecule has 0 saturated carbocycles. The summed E-state index contributed by atoms with van der Waals surface area (Å²) in [5.41, 5.74) is 0.950. The summed E-state index contributed by atoms with van der Waals surface area (Å²) in [4.78, 5) is 0. The lowest BCUT2D eigenvalue weighted by molar-refractivity contribution is 0.233. The molecule has 1 unspecified atom stereocenters. The van der Waals surface area contributed by atoms with E-state index >= 15 is 0 Å². The van der Waals surface area contributed by atoms with Crippen molar-refractivity contribution in [3.05, 3.63) is 23.8 Å². The number of aryl methyl sites for hydroxylation is 1. The second kappa shape index (κ2) is 7.93. The van der Waals surface area contributed by atoms with E-state index in [1.165, 1.54) is 5.56 Å². The number of benzene rings is 1. The highest BCUT2D eigenvalue weighted by atomic mass is 16.5. The molecular formula is C18H27NO2. The van der Waals surface area contributed by atoms with E-state index in [1.54, 1.807) is 14.2 Å². The Kier molecular flexibility index (Phi) is 6.55. The van der Waals surface area contributed by atoms with Gasteiger partial charge in [-0.3, -0.25) is 0 Å². The van der Waals surface area contributed by atoms with E-state index in [-0.39, 0.29) is 5.41 Å². The minimum Gasteiger partial charge on any atom is -0.493 e. The Labute approximate surface area is 128 Å². The third-order valence-electron chi connectivity index (χ3n) is 4.33. The lowest BCUT2D eigenvalue weighted by Gasteiger charge is -2.30. The van der Waals surface area contributed by atoms with Crippen molar-refractivity contribution in [1.29, 1.82) is 5.26 Å². The summed E-state index contributed by atoms with van der Waals surface area (Å²) in [5.74, 6) is 1.85. The van der Waals surface area contributed by atoms with Gasteiger partial charge in [0.1, 0.15) is 0 Å². The van der Waals surface area contributed by atoms with Crippen molar-refractivity contribution in [1.82, 2.24) is 0 Å². The fourth-order valence-electron chi connectivity index (χ4n) is 2.79. The molecule has 0 radical (unpaired) electrons. The lowest BCUT2D eigenvalue weighted by atomic mass is 9.71. The molecule has 1 atom stereocenters. The molecule has 0 amide bonds. The van der Waals surface area contributed by atoms with Gasteiger partial charge in [0, 0.05) is 0 Å². The first kappa shape index (κ1) is 17.4. The van der Waals surface area contributed by atoms with Crippen molar-refractivity contribution >= 4 is 0 Å². The lowest BCUT2D eigenvalue weighted by Crippen LogP contribution is -2.26. The molecule has 0 heterocycles. The summed E-state index contributed by atoms with van der Waals surface area (Å²) in [5, 5.41) is 9.64. The number of hydrogen-bond donors (Lipinski definition) is 0. The summed E-state index contributed by atoms with van der Waals surface area (Å²) in [7, 11) is 3.28. The zero-order chi connectivity index (χ0) is 15.9. The van der Waals surface area contributed by atoms with Gasteiger partial charge in [-0.05, 0) is 42.9 Å². The Hall–Kier alpha value is -1.69. The summed E-state index contributed by atoms with van der Waals surface area (Å²) < 4.78 is 10.6. The second-order valence-electron chi connectivity index (χ2n) is 5.86. The third-order valence-corrected chi connectivity index (χ3v) is 4.33. The van der Waals surface area contributed by atoms with Gasteiger partial charge in [-0.2, -0.15) is 5.26 Å². The molecule has 0 fully saturated rings. The standard InChI is InChI=1S/C18H27NO2/c1-6-10-18(13-19,14(2)3)11-9-15-7-8-16(20-4)17(12-15)21-5/h7-8,12,14H,6,9-11H2,1-5H3. The summed E-state index contributed by atoms with van der Waals surface area (Å²) >= 11 is 0. The molecule has 0 N–H and O–H groups in total. The number of ether oxygens (including phenoxy) is 2. The summed E-state index contributed by atoms with van der Waals surface area (Å²) in [6.45, 7) is 6.44. The van der Waals surface area contributed by atoms with Crippen molar-refractivity contribution in [3.8, 4) is 17.6 Å². The first-order valence-corrected chi connectivity index (χ1v) is 7.65. The first-order valence-electron chi connectivity index (χ1n) is 7.65. The molecule has 1 aromatic carbocycles. The highest BCUT2D eigenvalue weighted by Gasteiger charge is 2.32. The molecule has 0 saturated heterocycles. The van der Waals surface area contributed by atoms with Gasteiger partial charge in [-0.15, -0.1) is 0 Å². The molecule has 116 valence electrons. The Morgan fingerprint density at radius 2 is 1.81 bits per heavy atom. The Morgan fingerprint density at radius 1 is 1.14 bits per heavy atom. The van der Waals surface area contributed by atoms with Crippen LogP contribution >= 0.6 is 0 Å². The minimum atomic E-state index is -0.234. The molecule has 0 spiro atoms. The summed E-state index contributed by atoms with van der Waals surface area (Å²) in [6.07, 6.45) is 3.75. The molecule has 0 bridgehead atoms. The topological polar surface area (TPSA) is 42.2 Å². The number of nitriles is 1. The largest absolute Gasteiger partial charge is 0.493 e. The molecule has 0 aliphatic rings. The van der Waals surface area contributed by atoms with Crippen molar-refractivity contribution in [2.45, 2.75) is 46.5 Å². The van der Waals surface area contributed by atoms with Crippen LogP contribution in [0, 0.1) is 22.7 Å². The van der Waals surface area contributed by atoms with Crippen molar-refractivity contribution in [3.63, 3.8) is 0 Å². The maximum atomic E-state index is 9.64. The van der Waals surface area contributed by atoms with Crippen LogP contribution in [0.5, 0.6) is 11.5 Å². The van der Waals surface area contributed by atoms with Crippen molar-refractivity contribution in [2.75, 3.05) is 14.2 Å². The predicted octanol–water partition coefficient (Wildman–Crippen LogP) is 4.60. The normalized spacial score (nSPS) is 13.6. The van der Waals surface area contributed by atoms with E-state index in [0.717, 1.165) is 37.2 Å². The van der Waals surface area contributed by atoms with Gasteiger partial charge >= 0.3 is 0 Å². The number of nitrogens with zero attached hydrogens (tertiary/aromatic N) is 1. The van der Waals surface area contributed by atoms with E-state index in [4.69, 9.17) is 9.47 Å². The zero-order valence-electron chi connectivity index (χ0n) is 13.9. The highest BCUT2D eigenvalue weighted by Crippen LogP contribution is 2.38. The minimum absolute atomic E-state index is 0.234. The van der Waals surface area contributed by atoms with Gasteiger partial charge in [0.2, 0.25) is 0 Å². The quantitative estimate of drug-likeness (QED) is 0.702. The smallest absolute Gasteiger partial charge is 0.160 e. The predicted molar refractivity (Wildman–Crippen MR) is 85.7 cm³/mol. The number of rotatable bonds is 8.